The number of methoxy groups -OCH3 is 1. The first kappa shape index (κ1) is 14.6. The highest BCUT2D eigenvalue weighted by atomic mass is 19.1. The summed E-state index contributed by atoms with van der Waals surface area (Å²) in [6.07, 6.45) is 2.34. The van der Waals surface area contributed by atoms with E-state index in [1.165, 1.54) is 12.0 Å². The molecule has 2 heterocycles. The van der Waals surface area contributed by atoms with Crippen LogP contribution in [0, 0.1) is 11.7 Å². The van der Waals surface area contributed by atoms with Crippen molar-refractivity contribution in [3.05, 3.63) is 23.0 Å². The van der Waals surface area contributed by atoms with E-state index in [-0.39, 0.29) is 17.5 Å². The van der Waals surface area contributed by atoms with E-state index in [0.29, 0.717) is 25.6 Å². The van der Waals surface area contributed by atoms with Gasteiger partial charge in [-0.25, -0.2) is 9.18 Å². The number of benzene rings is 1. The second-order valence-corrected chi connectivity index (χ2v) is 6.76. The van der Waals surface area contributed by atoms with Crippen LogP contribution in [0.1, 0.15) is 36.3 Å². The van der Waals surface area contributed by atoms with Crippen LogP contribution in [0.5, 0.6) is 5.75 Å². The van der Waals surface area contributed by atoms with Gasteiger partial charge in [0.2, 0.25) is 0 Å². The van der Waals surface area contributed by atoms with E-state index in [1.54, 1.807) is 6.07 Å². The standard InChI is InChI=1S/C17H21FN2O3/c1-23-13-7-11-9-20(17(21)22)6-5-19-8-10-3-2-4-12(10)14(15(13)18)16(11)19/h7,10,12H,2-6,8-9H2,1H3,(H,21,22). The molecule has 124 valence electrons. The van der Waals surface area contributed by atoms with Crippen LogP contribution in [-0.2, 0) is 6.54 Å². The molecule has 6 heteroatoms. The Morgan fingerprint density at radius 1 is 1.39 bits per heavy atom. The van der Waals surface area contributed by atoms with Crippen molar-refractivity contribution in [3.8, 4) is 5.75 Å². The zero-order valence-corrected chi connectivity index (χ0v) is 13.2. The Labute approximate surface area is 134 Å². The Bertz CT molecular complexity index is 664. The van der Waals surface area contributed by atoms with Crippen molar-refractivity contribution in [2.45, 2.75) is 31.7 Å². The van der Waals surface area contributed by atoms with Gasteiger partial charge in [0, 0.05) is 30.9 Å². The van der Waals surface area contributed by atoms with E-state index in [2.05, 4.69) is 4.90 Å². The quantitative estimate of drug-likeness (QED) is 0.864. The van der Waals surface area contributed by atoms with Crippen molar-refractivity contribution < 1.29 is 19.0 Å². The maximum absolute atomic E-state index is 15.0. The number of halogens is 1. The fourth-order valence-electron chi connectivity index (χ4n) is 4.58. The van der Waals surface area contributed by atoms with Crippen molar-refractivity contribution >= 4 is 11.8 Å². The molecule has 0 bridgehead atoms. The van der Waals surface area contributed by atoms with Crippen molar-refractivity contribution in [3.63, 3.8) is 0 Å². The molecule has 1 aromatic rings. The van der Waals surface area contributed by atoms with Gasteiger partial charge in [0.05, 0.1) is 13.7 Å². The van der Waals surface area contributed by atoms with Crippen LogP contribution in [0.4, 0.5) is 14.9 Å². The SMILES string of the molecule is COc1cc2c3c(c1F)C1CCCC1CN3CCN(C(=O)O)C2. The monoisotopic (exact) mass is 320 g/mol. The Kier molecular flexibility index (Phi) is 3.36. The van der Waals surface area contributed by atoms with E-state index in [4.69, 9.17) is 4.74 Å². The molecule has 1 amide bonds. The van der Waals surface area contributed by atoms with Crippen LogP contribution in [0.15, 0.2) is 6.07 Å². The summed E-state index contributed by atoms with van der Waals surface area (Å²) in [7, 11) is 1.47. The lowest BCUT2D eigenvalue weighted by Gasteiger charge is -2.39. The summed E-state index contributed by atoms with van der Waals surface area (Å²) in [6, 6.07) is 1.68. The molecule has 1 aliphatic carbocycles. The molecular formula is C17H21FN2O3. The summed E-state index contributed by atoms with van der Waals surface area (Å²) in [6.45, 7) is 2.28. The van der Waals surface area contributed by atoms with Crippen LogP contribution in [0.2, 0.25) is 0 Å². The maximum atomic E-state index is 15.0. The van der Waals surface area contributed by atoms with Crippen LogP contribution in [0.3, 0.4) is 0 Å². The number of ether oxygens (including phenoxy) is 1. The highest BCUT2D eigenvalue weighted by molar-refractivity contribution is 5.70. The Morgan fingerprint density at radius 3 is 2.96 bits per heavy atom. The van der Waals surface area contributed by atoms with Gasteiger partial charge in [-0.05, 0) is 36.3 Å². The molecule has 0 spiro atoms. The van der Waals surface area contributed by atoms with Crippen LogP contribution >= 0.6 is 0 Å². The van der Waals surface area contributed by atoms with Crippen LogP contribution < -0.4 is 9.64 Å². The molecule has 3 aliphatic rings. The number of carbonyl (C=O) groups is 1. The number of fused-ring (bicyclic) bond motifs is 2. The number of anilines is 1. The molecule has 1 saturated carbocycles. The van der Waals surface area contributed by atoms with E-state index >= 15 is 4.39 Å². The lowest BCUT2D eigenvalue weighted by atomic mass is 9.81. The largest absolute Gasteiger partial charge is 0.494 e. The number of hydrogen-bond acceptors (Lipinski definition) is 3. The third-order valence-electron chi connectivity index (χ3n) is 5.61. The summed E-state index contributed by atoms with van der Waals surface area (Å²) >= 11 is 0. The van der Waals surface area contributed by atoms with E-state index in [1.807, 2.05) is 0 Å². The van der Waals surface area contributed by atoms with Gasteiger partial charge < -0.3 is 19.6 Å². The summed E-state index contributed by atoms with van der Waals surface area (Å²) in [5.74, 6) is 0.690. The number of rotatable bonds is 1. The molecule has 2 aliphatic heterocycles. The summed E-state index contributed by atoms with van der Waals surface area (Å²) < 4.78 is 20.3. The van der Waals surface area contributed by atoms with Gasteiger partial charge in [-0.15, -0.1) is 0 Å². The molecule has 1 fully saturated rings. The van der Waals surface area contributed by atoms with Gasteiger partial charge in [0.1, 0.15) is 0 Å². The predicted octanol–water partition coefficient (Wildman–Crippen LogP) is 3.03. The minimum absolute atomic E-state index is 0.235. The molecule has 1 N–H and O–H groups in total. The second-order valence-electron chi connectivity index (χ2n) is 6.76. The third kappa shape index (κ3) is 2.15. The zero-order chi connectivity index (χ0) is 16.1. The number of nitrogens with zero attached hydrogens (tertiary/aromatic N) is 2. The highest BCUT2D eigenvalue weighted by Crippen LogP contribution is 2.51. The molecule has 4 rings (SSSR count). The average Bonchev–Trinajstić information content (AvgIpc) is 2.92. The smallest absolute Gasteiger partial charge is 0.407 e. The minimum Gasteiger partial charge on any atom is -0.494 e. The van der Waals surface area contributed by atoms with E-state index < -0.39 is 6.09 Å². The molecule has 2 unspecified atom stereocenters. The van der Waals surface area contributed by atoms with Crippen molar-refractivity contribution in [2.24, 2.45) is 5.92 Å². The van der Waals surface area contributed by atoms with Gasteiger partial charge >= 0.3 is 6.09 Å². The Morgan fingerprint density at radius 2 is 2.22 bits per heavy atom. The molecule has 23 heavy (non-hydrogen) atoms. The average molecular weight is 320 g/mol. The van der Waals surface area contributed by atoms with Crippen LogP contribution in [0.25, 0.3) is 0 Å². The second kappa shape index (κ2) is 5.28. The molecular weight excluding hydrogens is 299 g/mol. The first-order chi connectivity index (χ1) is 11.1. The summed E-state index contributed by atoms with van der Waals surface area (Å²) in [4.78, 5) is 15.0. The first-order valence-corrected chi connectivity index (χ1v) is 8.22. The zero-order valence-electron chi connectivity index (χ0n) is 13.2. The molecule has 0 saturated heterocycles. The summed E-state index contributed by atoms with van der Waals surface area (Å²) in [5, 5.41) is 9.38. The molecule has 0 radical (unpaired) electrons. The van der Waals surface area contributed by atoms with Gasteiger partial charge in [-0.3, -0.25) is 0 Å². The van der Waals surface area contributed by atoms with Gasteiger partial charge in [-0.1, -0.05) is 6.42 Å². The Balaban J connectivity index is 1.90. The highest BCUT2D eigenvalue weighted by Gasteiger charge is 2.42. The third-order valence-corrected chi connectivity index (χ3v) is 5.61. The maximum Gasteiger partial charge on any atom is 0.407 e. The van der Waals surface area contributed by atoms with Crippen LogP contribution in [-0.4, -0.2) is 42.8 Å². The van der Waals surface area contributed by atoms with Crippen molar-refractivity contribution in [1.29, 1.82) is 0 Å². The lowest BCUT2D eigenvalue weighted by molar-refractivity contribution is 0.144. The fraction of sp³-hybridized carbons (Fsp3) is 0.588. The van der Waals surface area contributed by atoms with Gasteiger partial charge in [0.25, 0.3) is 0 Å². The predicted molar refractivity (Wildman–Crippen MR) is 83.7 cm³/mol. The molecule has 0 aromatic heterocycles. The Hall–Kier alpha value is -1.98. The summed E-state index contributed by atoms with van der Waals surface area (Å²) in [5.41, 5.74) is 2.55. The molecule has 2 atom stereocenters. The topological polar surface area (TPSA) is 53.0 Å². The molecule has 5 nitrogen and oxygen atoms in total. The van der Waals surface area contributed by atoms with Gasteiger partial charge in [0.15, 0.2) is 11.6 Å². The lowest BCUT2D eigenvalue weighted by Crippen LogP contribution is -2.40. The minimum atomic E-state index is -0.929. The van der Waals surface area contributed by atoms with E-state index in [0.717, 1.165) is 42.6 Å². The number of amides is 1. The number of hydrogen-bond donors (Lipinski definition) is 1. The fourth-order valence-corrected chi connectivity index (χ4v) is 4.58. The normalized spacial score (nSPS) is 25.7. The first-order valence-electron chi connectivity index (χ1n) is 8.22. The van der Waals surface area contributed by atoms with Crippen molar-refractivity contribution in [2.75, 3.05) is 31.6 Å². The van der Waals surface area contributed by atoms with Crippen molar-refractivity contribution in [1.82, 2.24) is 4.90 Å². The van der Waals surface area contributed by atoms with Gasteiger partial charge in [-0.2, -0.15) is 0 Å². The number of carboxylic acid groups (broad SMARTS) is 1. The van der Waals surface area contributed by atoms with E-state index in [9.17, 15) is 9.90 Å². The molecule has 1 aromatic carbocycles.